The fraction of sp³-hybridized carbons (Fsp3) is 0.529. The third-order valence-corrected chi connectivity index (χ3v) is 3.70. The Hall–Kier alpha value is -1.88. The normalized spacial score (nSPS) is 15.3. The summed E-state index contributed by atoms with van der Waals surface area (Å²) in [5.41, 5.74) is 1.10. The molecule has 1 aromatic carbocycles. The highest BCUT2D eigenvalue weighted by molar-refractivity contribution is 5.83. The van der Waals surface area contributed by atoms with Crippen molar-refractivity contribution < 1.29 is 19.4 Å². The summed E-state index contributed by atoms with van der Waals surface area (Å²) in [6.45, 7) is 1.02. The lowest BCUT2D eigenvalue weighted by Crippen LogP contribution is -2.41. The molecule has 1 aliphatic rings. The zero-order chi connectivity index (χ0) is 15.8. The molecule has 0 saturated heterocycles. The number of carboxylic acid groups (broad SMARTS) is 1. The second-order valence-electron chi connectivity index (χ2n) is 5.78. The second kappa shape index (κ2) is 8.54. The first-order valence-electron chi connectivity index (χ1n) is 7.79. The van der Waals surface area contributed by atoms with Crippen molar-refractivity contribution in [1.82, 2.24) is 5.32 Å². The van der Waals surface area contributed by atoms with Crippen LogP contribution >= 0.6 is 0 Å². The zero-order valence-electron chi connectivity index (χ0n) is 12.7. The number of carbonyl (C=O) groups excluding carboxylic acids is 1. The van der Waals surface area contributed by atoms with Gasteiger partial charge in [-0.25, -0.2) is 4.79 Å². The van der Waals surface area contributed by atoms with Gasteiger partial charge in [-0.05, 0) is 24.3 Å². The third kappa shape index (κ3) is 6.26. The van der Waals surface area contributed by atoms with Gasteiger partial charge in [0.25, 0.3) is 0 Å². The van der Waals surface area contributed by atoms with E-state index in [0.717, 1.165) is 18.4 Å². The van der Waals surface area contributed by atoms with Crippen molar-refractivity contribution in [3.63, 3.8) is 0 Å². The SMILES string of the molecule is O=C(CCCOCc1ccccc1)NC(CC1CC1)C(=O)O. The van der Waals surface area contributed by atoms with E-state index >= 15 is 0 Å². The van der Waals surface area contributed by atoms with Gasteiger partial charge in [-0.1, -0.05) is 43.2 Å². The molecule has 0 aromatic heterocycles. The van der Waals surface area contributed by atoms with Crippen LogP contribution in [0.5, 0.6) is 0 Å². The standard InChI is InChI=1S/C17H23NO4/c19-16(18-15(17(20)21)11-13-8-9-13)7-4-10-22-12-14-5-2-1-3-6-14/h1-3,5-6,13,15H,4,7-12H2,(H,18,19)(H,20,21). The minimum absolute atomic E-state index is 0.212. The van der Waals surface area contributed by atoms with Crippen LogP contribution in [0, 0.1) is 5.92 Å². The molecule has 1 aliphatic carbocycles. The maximum atomic E-state index is 11.8. The molecule has 0 heterocycles. The van der Waals surface area contributed by atoms with Crippen LogP contribution < -0.4 is 5.32 Å². The van der Waals surface area contributed by atoms with Crippen LogP contribution in [-0.2, 0) is 20.9 Å². The molecule has 2 rings (SSSR count). The number of rotatable bonds is 10. The average molecular weight is 305 g/mol. The minimum atomic E-state index is -0.944. The largest absolute Gasteiger partial charge is 0.480 e. The van der Waals surface area contributed by atoms with E-state index < -0.39 is 12.0 Å². The van der Waals surface area contributed by atoms with Crippen LogP contribution in [0.1, 0.15) is 37.7 Å². The van der Waals surface area contributed by atoms with E-state index in [9.17, 15) is 9.59 Å². The molecule has 1 atom stereocenters. The van der Waals surface area contributed by atoms with Crippen LogP contribution in [0.3, 0.4) is 0 Å². The Morgan fingerprint density at radius 2 is 2.00 bits per heavy atom. The van der Waals surface area contributed by atoms with Gasteiger partial charge in [0.15, 0.2) is 0 Å². The zero-order valence-corrected chi connectivity index (χ0v) is 12.7. The van der Waals surface area contributed by atoms with Gasteiger partial charge in [0.2, 0.25) is 5.91 Å². The van der Waals surface area contributed by atoms with Crippen LogP contribution in [-0.4, -0.2) is 29.6 Å². The van der Waals surface area contributed by atoms with Gasteiger partial charge >= 0.3 is 5.97 Å². The maximum Gasteiger partial charge on any atom is 0.326 e. The highest BCUT2D eigenvalue weighted by Crippen LogP contribution is 2.33. The van der Waals surface area contributed by atoms with Gasteiger partial charge in [-0.3, -0.25) is 4.79 Å². The number of ether oxygens (including phenoxy) is 1. The minimum Gasteiger partial charge on any atom is -0.480 e. The van der Waals surface area contributed by atoms with Crippen molar-refractivity contribution in [3.05, 3.63) is 35.9 Å². The third-order valence-electron chi connectivity index (χ3n) is 3.70. The highest BCUT2D eigenvalue weighted by atomic mass is 16.5. The molecule has 1 fully saturated rings. The van der Waals surface area contributed by atoms with E-state index in [1.54, 1.807) is 0 Å². The van der Waals surface area contributed by atoms with Gasteiger partial charge in [0.05, 0.1) is 6.61 Å². The fourth-order valence-electron chi connectivity index (χ4n) is 2.27. The molecule has 0 bridgehead atoms. The molecular formula is C17H23NO4. The van der Waals surface area contributed by atoms with Gasteiger partial charge < -0.3 is 15.2 Å². The Balaban J connectivity index is 1.57. The lowest BCUT2D eigenvalue weighted by molar-refractivity contribution is -0.142. The van der Waals surface area contributed by atoms with Crippen molar-refractivity contribution in [2.24, 2.45) is 5.92 Å². The Morgan fingerprint density at radius 1 is 1.27 bits per heavy atom. The van der Waals surface area contributed by atoms with Crippen molar-refractivity contribution in [2.45, 2.75) is 44.8 Å². The maximum absolute atomic E-state index is 11.8. The van der Waals surface area contributed by atoms with Crippen molar-refractivity contribution in [2.75, 3.05) is 6.61 Å². The Kier molecular flexibility index (Phi) is 6.40. The Morgan fingerprint density at radius 3 is 2.64 bits per heavy atom. The van der Waals surface area contributed by atoms with E-state index in [1.165, 1.54) is 0 Å². The lowest BCUT2D eigenvalue weighted by Gasteiger charge is -2.14. The molecule has 0 radical (unpaired) electrons. The Labute approximate surface area is 130 Å². The monoisotopic (exact) mass is 305 g/mol. The fourth-order valence-corrected chi connectivity index (χ4v) is 2.27. The molecule has 1 saturated carbocycles. The van der Waals surface area contributed by atoms with Gasteiger partial charge in [0.1, 0.15) is 6.04 Å². The predicted octanol–water partition coefficient (Wildman–Crippen LogP) is 2.35. The summed E-state index contributed by atoms with van der Waals surface area (Å²) >= 11 is 0. The predicted molar refractivity (Wildman–Crippen MR) is 82.2 cm³/mol. The van der Waals surface area contributed by atoms with Crippen molar-refractivity contribution in [1.29, 1.82) is 0 Å². The number of hydrogen-bond acceptors (Lipinski definition) is 3. The molecule has 5 heteroatoms. The van der Waals surface area contributed by atoms with E-state index in [1.807, 2.05) is 30.3 Å². The second-order valence-corrected chi connectivity index (χ2v) is 5.78. The molecular weight excluding hydrogens is 282 g/mol. The molecule has 0 aliphatic heterocycles. The molecule has 1 unspecified atom stereocenters. The molecule has 2 N–H and O–H groups in total. The first kappa shape index (κ1) is 16.5. The lowest BCUT2D eigenvalue weighted by atomic mass is 10.1. The number of carboxylic acids is 1. The van der Waals surface area contributed by atoms with Crippen molar-refractivity contribution >= 4 is 11.9 Å². The summed E-state index contributed by atoms with van der Waals surface area (Å²) in [5, 5.41) is 11.7. The number of carbonyl (C=O) groups is 2. The van der Waals surface area contributed by atoms with Crippen LogP contribution in [0.25, 0.3) is 0 Å². The molecule has 1 aromatic rings. The van der Waals surface area contributed by atoms with Crippen molar-refractivity contribution in [3.8, 4) is 0 Å². The smallest absolute Gasteiger partial charge is 0.326 e. The number of amides is 1. The average Bonchev–Trinajstić information content (AvgIpc) is 3.31. The molecule has 1 amide bonds. The van der Waals surface area contributed by atoms with E-state index in [-0.39, 0.29) is 5.91 Å². The van der Waals surface area contributed by atoms with E-state index in [0.29, 0.717) is 38.4 Å². The molecule has 0 spiro atoms. The first-order valence-corrected chi connectivity index (χ1v) is 7.79. The number of benzene rings is 1. The summed E-state index contributed by atoms with van der Waals surface area (Å²) in [4.78, 5) is 22.9. The number of aliphatic carboxylic acids is 1. The molecule has 22 heavy (non-hydrogen) atoms. The molecule has 120 valence electrons. The summed E-state index contributed by atoms with van der Waals surface area (Å²) in [6, 6.07) is 9.10. The highest BCUT2D eigenvalue weighted by Gasteiger charge is 2.29. The van der Waals surface area contributed by atoms with Gasteiger partial charge in [0, 0.05) is 13.0 Å². The topological polar surface area (TPSA) is 75.6 Å². The number of nitrogens with one attached hydrogen (secondary N) is 1. The van der Waals surface area contributed by atoms with Gasteiger partial charge in [-0.2, -0.15) is 0 Å². The summed E-state index contributed by atoms with van der Waals surface area (Å²) in [6.07, 6.45) is 3.59. The summed E-state index contributed by atoms with van der Waals surface area (Å²) < 4.78 is 5.50. The van der Waals surface area contributed by atoms with Crippen LogP contribution in [0.15, 0.2) is 30.3 Å². The molecule has 5 nitrogen and oxygen atoms in total. The van der Waals surface area contributed by atoms with E-state index in [4.69, 9.17) is 9.84 Å². The summed E-state index contributed by atoms with van der Waals surface area (Å²) in [7, 11) is 0. The van der Waals surface area contributed by atoms with E-state index in [2.05, 4.69) is 5.32 Å². The quantitative estimate of drug-likeness (QED) is 0.651. The Bertz CT molecular complexity index is 485. The van der Waals surface area contributed by atoms with Crippen LogP contribution in [0.4, 0.5) is 0 Å². The first-order chi connectivity index (χ1) is 10.6. The summed E-state index contributed by atoms with van der Waals surface area (Å²) in [5.74, 6) is -0.687. The van der Waals surface area contributed by atoms with Crippen LogP contribution in [0.2, 0.25) is 0 Å². The number of hydrogen-bond donors (Lipinski definition) is 2. The van der Waals surface area contributed by atoms with Gasteiger partial charge in [-0.15, -0.1) is 0 Å².